The van der Waals surface area contributed by atoms with Crippen molar-refractivity contribution in [2.24, 2.45) is 0 Å². The van der Waals surface area contributed by atoms with E-state index in [0.717, 1.165) is 20.4 Å². The summed E-state index contributed by atoms with van der Waals surface area (Å²) in [5.74, 6) is -0.525. The van der Waals surface area contributed by atoms with E-state index in [2.05, 4.69) is 16.5 Å². The Morgan fingerprint density at radius 1 is 0.913 bits per heavy atom. The number of para-hydroxylation sites is 2. The minimum atomic E-state index is -0.525. The zero-order valence-electron chi connectivity index (χ0n) is 11.9. The van der Waals surface area contributed by atoms with E-state index in [1.807, 2.05) is 48.5 Å². The fraction of sp³-hybridized carbons (Fsp3) is 0. The van der Waals surface area contributed by atoms with Crippen molar-refractivity contribution in [3.05, 3.63) is 60.1 Å². The highest BCUT2D eigenvalue weighted by Gasteiger charge is 2.18. The van der Waals surface area contributed by atoms with Crippen molar-refractivity contribution in [1.82, 2.24) is 9.97 Å². The molecule has 0 atom stereocenters. The first-order valence-electron chi connectivity index (χ1n) is 6.83. The maximum atomic E-state index is 12.3. The lowest BCUT2D eigenvalue weighted by Gasteiger charge is -2.00. The van der Waals surface area contributed by atoms with Crippen LogP contribution in [-0.2, 0) is 4.79 Å². The Morgan fingerprint density at radius 2 is 1.52 bits per heavy atom. The van der Waals surface area contributed by atoms with Gasteiger partial charge in [0.15, 0.2) is 0 Å². The fourth-order valence-electron chi connectivity index (χ4n) is 2.12. The van der Waals surface area contributed by atoms with Crippen LogP contribution in [0.25, 0.3) is 26.0 Å². The van der Waals surface area contributed by atoms with Crippen LogP contribution in [0.4, 0.5) is 0 Å². The molecule has 0 N–H and O–H groups in total. The van der Waals surface area contributed by atoms with Gasteiger partial charge in [-0.1, -0.05) is 42.2 Å². The molecule has 0 unspecified atom stereocenters. The lowest BCUT2D eigenvalue weighted by molar-refractivity contribution is -0.127. The number of hydrogen-bond donors (Lipinski definition) is 0. The first-order valence-corrected chi connectivity index (χ1v) is 8.46. The smallest absolute Gasteiger partial charge is 0.347 e. The summed E-state index contributed by atoms with van der Waals surface area (Å²) in [7, 11) is 0. The van der Waals surface area contributed by atoms with Gasteiger partial charge in [0, 0.05) is 0 Å². The molecule has 0 fully saturated rings. The van der Waals surface area contributed by atoms with Gasteiger partial charge in [-0.25, -0.2) is 14.8 Å². The molecule has 2 heterocycles. The minimum Gasteiger partial charge on any atom is -0.394 e. The largest absolute Gasteiger partial charge is 0.394 e. The zero-order valence-corrected chi connectivity index (χ0v) is 13.5. The molecule has 0 spiro atoms. The number of fused-ring (bicyclic) bond motifs is 2. The third kappa shape index (κ3) is 2.62. The van der Waals surface area contributed by atoms with E-state index in [1.54, 1.807) is 0 Å². The van der Waals surface area contributed by atoms with Crippen LogP contribution in [-0.4, -0.2) is 15.9 Å². The summed E-state index contributed by atoms with van der Waals surface area (Å²) in [5.41, 5.74) is 1.90. The van der Waals surface area contributed by atoms with Gasteiger partial charge in [-0.15, -0.1) is 11.3 Å². The number of rotatable bonds is 3. The number of ether oxygens (including phenoxy) is 1. The highest BCUT2D eigenvalue weighted by atomic mass is 32.1. The van der Waals surface area contributed by atoms with E-state index >= 15 is 0 Å². The van der Waals surface area contributed by atoms with Gasteiger partial charge < -0.3 is 4.74 Å². The number of benzene rings is 2. The molecular formula is C17H10N2O2S2. The molecule has 0 saturated carbocycles. The summed E-state index contributed by atoms with van der Waals surface area (Å²) in [6.07, 6.45) is 0. The Balaban J connectivity index is 1.59. The summed E-state index contributed by atoms with van der Waals surface area (Å²) in [6.45, 7) is 3.82. The Labute approximate surface area is 139 Å². The van der Waals surface area contributed by atoms with Gasteiger partial charge in [0.05, 0.1) is 26.0 Å². The van der Waals surface area contributed by atoms with Crippen molar-refractivity contribution >= 4 is 54.6 Å². The Bertz CT molecular complexity index is 983. The average molecular weight is 338 g/mol. The van der Waals surface area contributed by atoms with E-state index in [9.17, 15) is 4.79 Å². The lowest BCUT2D eigenvalue weighted by atomic mass is 10.3. The van der Waals surface area contributed by atoms with Crippen LogP contribution in [0.2, 0.25) is 0 Å². The molecule has 0 amide bonds. The van der Waals surface area contributed by atoms with Crippen LogP contribution in [0.15, 0.2) is 55.1 Å². The second-order valence-corrected chi connectivity index (χ2v) is 6.83. The quantitative estimate of drug-likeness (QED) is 0.407. The highest BCUT2D eigenvalue weighted by molar-refractivity contribution is 7.20. The van der Waals surface area contributed by atoms with Gasteiger partial charge in [0.2, 0.25) is 0 Å². The monoisotopic (exact) mass is 338 g/mol. The molecule has 0 radical (unpaired) electrons. The van der Waals surface area contributed by atoms with E-state index in [0.29, 0.717) is 10.2 Å². The Hall–Kier alpha value is -2.57. The van der Waals surface area contributed by atoms with Crippen LogP contribution < -0.4 is 4.74 Å². The standard InChI is InChI=1S/C17H10N2O2S2/c1-10(15-18-11-6-2-4-8-13(11)22-15)16(20)21-17-19-12-7-3-5-9-14(12)23-17/h2-9H,1H2. The van der Waals surface area contributed by atoms with Gasteiger partial charge in [0.1, 0.15) is 5.01 Å². The number of esters is 1. The molecule has 0 aliphatic carbocycles. The molecule has 4 rings (SSSR count). The van der Waals surface area contributed by atoms with Gasteiger partial charge >= 0.3 is 5.97 Å². The first kappa shape index (κ1) is 14.0. The van der Waals surface area contributed by atoms with Gasteiger partial charge in [-0.3, -0.25) is 0 Å². The van der Waals surface area contributed by atoms with Crippen molar-refractivity contribution in [3.8, 4) is 5.19 Å². The van der Waals surface area contributed by atoms with Crippen molar-refractivity contribution < 1.29 is 9.53 Å². The van der Waals surface area contributed by atoms with E-state index in [-0.39, 0.29) is 5.57 Å². The molecule has 2 aromatic carbocycles. The van der Waals surface area contributed by atoms with Gasteiger partial charge in [-0.2, -0.15) is 0 Å². The van der Waals surface area contributed by atoms with E-state index in [1.165, 1.54) is 22.7 Å². The maximum absolute atomic E-state index is 12.3. The third-order valence-electron chi connectivity index (χ3n) is 3.25. The number of thiazole rings is 2. The summed E-state index contributed by atoms with van der Waals surface area (Å²) in [5, 5.41) is 0.885. The Kier molecular flexibility index (Phi) is 3.40. The number of carbonyl (C=O) groups excluding carboxylic acids is 1. The molecule has 112 valence electrons. The second-order valence-electron chi connectivity index (χ2n) is 4.80. The number of carbonyl (C=O) groups is 1. The van der Waals surface area contributed by atoms with Crippen molar-refractivity contribution in [1.29, 1.82) is 0 Å². The summed E-state index contributed by atoms with van der Waals surface area (Å²) in [4.78, 5) is 21.0. The minimum absolute atomic E-state index is 0.241. The van der Waals surface area contributed by atoms with E-state index < -0.39 is 5.97 Å². The topological polar surface area (TPSA) is 52.1 Å². The van der Waals surface area contributed by atoms with Crippen molar-refractivity contribution in [3.63, 3.8) is 0 Å². The van der Waals surface area contributed by atoms with Crippen LogP contribution in [0.5, 0.6) is 5.19 Å². The summed E-state index contributed by atoms with van der Waals surface area (Å²) >= 11 is 2.75. The molecule has 0 aliphatic heterocycles. The fourth-order valence-corrected chi connectivity index (χ4v) is 3.86. The molecular weight excluding hydrogens is 328 g/mol. The van der Waals surface area contributed by atoms with Crippen LogP contribution in [0.1, 0.15) is 5.01 Å². The molecule has 2 aromatic heterocycles. The molecule has 4 aromatic rings. The first-order chi connectivity index (χ1) is 11.2. The number of hydrogen-bond acceptors (Lipinski definition) is 6. The summed E-state index contributed by atoms with van der Waals surface area (Å²) in [6, 6.07) is 15.4. The lowest BCUT2D eigenvalue weighted by Crippen LogP contribution is -2.09. The van der Waals surface area contributed by atoms with Crippen LogP contribution in [0.3, 0.4) is 0 Å². The van der Waals surface area contributed by atoms with Gasteiger partial charge in [-0.05, 0) is 24.3 Å². The SMILES string of the molecule is C=C(C(=O)Oc1nc2ccccc2s1)c1nc2ccccc2s1. The molecule has 4 nitrogen and oxygen atoms in total. The van der Waals surface area contributed by atoms with Crippen molar-refractivity contribution in [2.75, 3.05) is 0 Å². The third-order valence-corrected chi connectivity index (χ3v) is 5.26. The average Bonchev–Trinajstić information content (AvgIpc) is 3.16. The number of nitrogens with zero attached hydrogens (tertiary/aromatic N) is 2. The second kappa shape index (κ2) is 5.57. The van der Waals surface area contributed by atoms with Crippen LogP contribution in [0, 0.1) is 0 Å². The maximum Gasteiger partial charge on any atom is 0.347 e. The molecule has 0 aliphatic rings. The molecule has 0 saturated heterocycles. The van der Waals surface area contributed by atoms with Crippen LogP contribution >= 0.6 is 22.7 Å². The molecule has 23 heavy (non-hydrogen) atoms. The molecule has 6 heteroatoms. The molecule has 0 bridgehead atoms. The number of aromatic nitrogens is 2. The summed E-state index contributed by atoms with van der Waals surface area (Å²) < 4.78 is 7.33. The predicted molar refractivity (Wildman–Crippen MR) is 93.9 cm³/mol. The predicted octanol–water partition coefficient (Wildman–Crippen LogP) is 4.52. The van der Waals surface area contributed by atoms with Crippen molar-refractivity contribution in [2.45, 2.75) is 0 Å². The Morgan fingerprint density at radius 3 is 2.17 bits per heavy atom. The zero-order chi connectivity index (χ0) is 15.8. The van der Waals surface area contributed by atoms with E-state index in [4.69, 9.17) is 4.74 Å². The highest BCUT2D eigenvalue weighted by Crippen LogP contribution is 2.30. The normalized spacial score (nSPS) is 11.0. The van der Waals surface area contributed by atoms with Gasteiger partial charge in [0.25, 0.3) is 5.19 Å².